The van der Waals surface area contributed by atoms with Gasteiger partial charge in [-0.25, -0.2) is 0 Å². The molecule has 188 valence electrons. The fourth-order valence-electron chi connectivity index (χ4n) is 4.47. The van der Waals surface area contributed by atoms with Crippen LogP contribution in [0.15, 0.2) is 42.6 Å². The molecule has 2 rings (SSSR count). The van der Waals surface area contributed by atoms with Crippen molar-refractivity contribution in [1.29, 1.82) is 0 Å². The lowest BCUT2D eigenvalue weighted by Crippen LogP contribution is -2.43. The van der Waals surface area contributed by atoms with Crippen molar-refractivity contribution >= 4 is 5.91 Å². The van der Waals surface area contributed by atoms with E-state index in [1.165, 1.54) is 57.8 Å². The second kappa shape index (κ2) is 16.3. The molecule has 0 saturated heterocycles. The van der Waals surface area contributed by atoms with Gasteiger partial charge in [-0.1, -0.05) is 77.7 Å². The number of carbonyl (C=O) groups is 1. The van der Waals surface area contributed by atoms with E-state index in [1.54, 1.807) is 0 Å². The molecule has 1 atom stereocenters. The van der Waals surface area contributed by atoms with Crippen molar-refractivity contribution in [1.82, 2.24) is 5.32 Å². The molecule has 0 fully saturated rings. The zero-order valence-electron chi connectivity index (χ0n) is 22.1. The van der Waals surface area contributed by atoms with Gasteiger partial charge < -0.3 is 10.1 Å². The highest BCUT2D eigenvalue weighted by Gasteiger charge is 2.21. The van der Waals surface area contributed by atoms with Crippen LogP contribution in [-0.4, -0.2) is 12.5 Å². The number of nitrogens with one attached hydrogen (secondary N) is 1. The van der Waals surface area contributed by atoms with E-state index in [1.807, 2.05) is 42.0 Å². The van der Waals surface area contributed by atoms with Crippen LogP contribution in [0, 0.1) is 6.92 Å². The van der Waals surface area contributed by atoms with Gasteiger partial charge in [0.2, 0.25) is 0 Å². The minimum Gasteiger partial charge on any atom is -0.494 e. The van der Waals surface area contributed by atoms with Crippen molar-refractivity contribution < 1.29 is 14.1 Å². The Morgan fingerprint density at radius 3 is 2.24 bits per heavy atom. The highest BCUT2D eigenvalue weighted by Crippen LogP contribution is 2.23. The zero-order chi connectivity index (χ0) is 24.6. The standard InChI is InChI=1S/C30H46N2O2/c1-5-7-8-9-10-11-12-13-14-17-23-34-27-19-20-28(25(3)24-27)26(4)31-30(33)29-18-15-16-22-32(29)21-6-2/h15-16,18-20,22,24,26H,5-14,17,21,23H2,1-4H3/p+1. The second-order valence-corrected chi connectivity index (χ2v) is 9.52. The summed E-state index contributed by atoms with van der Waals surface area (Å²) < 4.78 is 8.01. The maximum absolute atomic E-state index is 12.9. The molecule has 4 nitrogen and oxygen atoms in total. The average molecular weight is 468 g/mol. The Morgan fingerprint density at radius 2 is 1.59 bits per heavy atom. The van der Waals surface area contributed by atoms with Crippen molar-refractivity contribution in [3.05, 3.63) is 59.4 Å². The van der Waals surface area contributed by atoms with Crippen molar-refractivity contribution in [3.8, 4) is 5.75 Å². The van der Waals surface area contributed by atoms with Gasteiger partial charge in [0.1, 0.15) is 12.3 Å². The molecule has 1 aromatic heterocycles. The highest BCUT2D eigenvalue weighted by molar-refractivity contribution is 5.91. The summed E-state index contributed by atoms with van der Waals surface area (Å²) in [6, 6.07) is 11.9. The first-order valence-electron chi connectivity index (χ1n) is 13.6. The number of pyridine rings is 1. The van der Waals surface area contributed by atoms with Gasteiger partial charge in [0.05, 0.1) is 12.6 Å². The minimum atomic E-state index is -0.0706. The van der Waals surface area contributed by atoms with Gasteiger partial charge in [-0.05, 0) is 49.6 Å². The fourth-order valence-corrected chi connectivity index (χ4v) is 4.47. The van der Waals surface area contributed by atoms with Crippen molar-refractivity contribution in [2.75, 3.05) is 6.61 Å². The van der Waals surface area contributed by atoms with Gasteiger partial charge >= 0.3 is 5.91 Å². The molecule has 1 heterocycles. The van der Waals surface area contributed by atoms with E-state index in [2.05, 4.69) is 38.2 Å². The molecule has 0 spiro atoms. The predicted molar refractivity (Wildman–Crippen MR) is 141 cm³/mol. The van der Waals surface area contributed by atoms with E-state index in [9.17, 15) is 4.79 Å². The zero-order valence-corrected chi connectivity index (χ0v) is 22.1. The first-order valence-corrected chi connectivity index (χ1v) is 13.6. The first-order chi connectivity index (χ1) is 16.6. The molecular formula is C30H47N2O2+. The summed E-state index contributed by atoms with van der Waals surface area (Å²) in [6.45, 7) is 10.1. The molecule has 1 aromatic carbocycles. The third kappa shape index (κ3) is 9.87. The highest BCUT2D eigenvalue weighted by atomic mass is 16.5. The summed E-state index contributed by atoms with van der Waals surface area (Å²) in [6.07, 6.45) is 16.3. The van der Waals surface area contributed by atoms with Gasteiger partial charge in [0.25, 0.3) is 5.69 Å². The molecule has 1 unspecified atom stereocenters. The number of carbonyl (C=O) groups excluding carboxylic acids is 1. The third-order valence-electron chi connectivity index (χ3n) is 6.46. The maximum Gasteiger partial charge on any atom is 0.316 e. The molecule has 2 aromatic rings. The molecule has 0 bridgehead atoms. The number of nitrogens with zero attached hydrogens (tertiary/aromatic N) is 1. The molecule has 1 N–H and O–H groups in total. The number of aromatic nitrogens is 1. The van der Waals surface area contributed by atoms with Gasteiger partial charge in [0.15, 0.2) is 6.20 Å². The quantitative estimate of drug-likeness (QED) is 0.193. The number of hydrogen-bond acceptors (Lipinski definition) is 2. The fraction of sp³-hybridized carbons (Fsp3) is 0.600. The number of aryl methyl sites for hydroxylation is 2. The van der Waals surface area contributed by atoms with E-state index in [4.69, 9.17) is 4.74 Å². The van der Waals surface area contributed by atoms with Gasteiger partial charge in [-0.15, -0.1) is 0 Å². The number of benzene rings is 1. The topological polar surface area (TPSA) is 42.2 Å². The number of amides is 1. The van der Waals surface area contributed by atoms with E-state index in [0.29, 0.717) is 5.69 Å². The van der Waals surface area contributed by atoms with E-state index < -0.39 is 0 Å². The number of unbranched alkanes of at least 4 members (excludes halogenated alkanes) is 9. The molecule has 0 radical (unpaired) electrons. The Hall–Kier alpha value is -2.36. The van der Waals surface area contributed by atoms with Crippen LogP contribution in [0.4, 0.5) is 0 Å². The van der Waals surface area contributed by atoms with E-state index in [0.717, 1.165) is 42.9 Å². The molecule has 0 aliphatic heterocycles. The summed E-state index contributed by atoms with van der Waals surface area (Å²) in [5.74, 6) is 0.877. The molecule has 0 aliphatic carbocycles. The van der Waals surface area contributed by atoms with Gasteiger partial charge in [-0.2, -0.15) is 4.57 Å². The maximum atomic E-state index is 12.9. The number of rotatable bonds is 17. The second-order valence-electron chi connectivity index (χ2n) is 9.52. The van der Waals surface area contributed by atoms with Crippen molar-refractivity contribution in [2.24, 2.45) is 0 Å². The van der Waals surface area contributed by atoms with Crippen LogP contribution in [0.5, 0.6) is 5.75 Å². The smallest absolute Gasteiger partial charge is 0.316 e. The van der Waals surface area contributed by atoms with Gasteiger partial charge in [-0.3, -0.25) is 4.79 Å². The van der Waals surface area contributed by atoms with Crippen molar-refractivity contribution in [2.45, 2.75) is 111 Å². The van der Waals surface area contributed by atoms with E-state index in [-0.39, 0.29) is 11.9 Å². The molecule has 34 heavy (non-hydrogen) atoms. The van der Waals surface area contributed by atoms with Crippen LogP contribution in [0.2, 0.25) is 0 Å². The Morgan fingerprint density at radius 1 is 0.912 bits per heavy atom. The Kier molecular flexibility index (Phi) is 13.4. The Labute approximate surface area is 208 Å². The van der Waals surface area contributed by atoms with Crippen molar-refractivity contribution in [3.63, 3.8) is 0 Å². The Bertz CT molecular complexity index is 849. The molecular weight excluding hydrogens is 420 g/mol. The SMILES string of the molecule is CCCCCCCCCCCCOc1ccc(C(C)NC(=O)c2cccc[n+]2CCC)c(C)c1. The number of hydrogen-bond donors (Lipinski definition) is 1. The average Bonchev–Trinajstić information content (AvgIpc) is 2.83. The summed E-state index contributed by atoms with van der Waals surface area (Å²) in [4.78, 5) is 12.9. The monoisotopic (exact) mass is 467 g/mol. The summed E-state index contributed by atoms with van der Waals surface area (Å²) in [7, 11) is 0. The first kappa shape index (κ1) is 27.9. The Balaban J connectivity index is 1.72. The summed E-state index contributed by atoms with van der Waals surface area (Å²) in [5.41, 5.74) is 2.96. The lowest BCUT2D eigenvalue weighted by Gasteiger charge is -2.17. The van der Waals surface area contributed by atoms with Crippen LogP contribution >= 0.6 is 0 Å². The molecule has 0 aliphatic rings. The predicted octanol–water partition coefficient (Wildman–Crippen LogP) is 7.48. The third-order valence-corrected chi connectivity index (χ3v) is 6.46. The van der Waals surface area contributed by atoms with Crippen LogP contribution < -0.4 is 14.6 Å². The van der Waals surface area contributed by atoms with Gasteiger partial charge in [0, 0.05) is 18.6 Å². The summed E-state index contributed by atoms with van der Waals surface area (Å²) in [5, 5.41) is 3.16. The number of ether oxygens (including phenoxy) is 1. The van der Waals surface area contributed by atoms with Crippen LogP contribution in [-0.2, 0) is 6.54 Å². The lowest BCUT2D eigenvalue weighted by atomic mass is 10.0. The largest absolute Gasteiger partial charge is 0.494 e. The molecule has 1 amide bonds. The summed E-state index contributed by atoms with van der Waals surface area (Å²) >= 11 is 0. The van der Waals surface area contributed by atoms with E-state index >= 15 is 0 Å². The molecule has 4 heteroatoms. The van der Waals surface area contributed by atoms with Crippen LogP contribution in [0.1, 0.15) is 119 Å². The van der Waals surface area contributed by atoms with Crippen LogP contribution in [0.25, 0.3) is 0 Å². The molecule has 0 saturated carbocycles. The minimum absolute atomic E-state index is 0.0396. The lowest BCUT2D eigenvalue weighted by molar-refractivity contribution is -0.698. The normalized spacial score (nSPS) is 11.9. The van der Waals surface area contributed by atoms with Crippen LogP contribution in [0.3, 0.4) is 0 Å².